The van der Waals surface area contributed by atoms with Gasteiger partial charge >= 0.3 is 0 Å². The predicted molar refractivity (Wildman–Crippen MR) is 93.3 cm³/mol. The van der Waals surface area contributed by atoms with Crippen molar-refractivity contribution in [3.8, 4) is 0 Å². The second-order valence-corrected chi connectivity index (χ2v) is 5.65. The molecule has 0 aromatic heterocycles. The molecule has 0 radical (unpaired) electrons. The summed E-state index contributed by atoms with van der Waals surface area (Å²) in [5.74, 6) is 0. The van der Waals surface area contributed by atoms with Gasteiger partial charge in [0.1, 0.15) is 6.10 Å². The van der Waals surface area contributed by atoms with Crippen molar-refractivity contribution in [3.63, 3.8) is 0 Å². The monoisotopic (exact) mass is 320 g/mol. The lowest BCUT2D eigenvalue weighted by molar-refractivity contribution is 0.00533. The van der Waals surface area contributed by atoms with Gasteiger partial charge in [0.2, 0.25) is 0 Å². The van der Waals surface area contributed by atoms with E-state index < -0.39 is 6.10 Å². The minimum Gasteiger partial charge on any atom is -0.394 e. The van der Waals surface area contributed by atoms with Gasteiger partial charge in [-0.3, -0.25) is 0 Å². The summed E-state index contributed by atoms with van der Waals surface area (Å²) in [6, 6.07) is 0. The topological polar surface area (TPSA) is 58.9 Å². The number of hydrogen-bond acceptors (Lipinski definition) is 4. The molecule has 0 aromatic carbocycles. The van der Waals surface area contributed by atoms with Crippen LogP contribution in [0.5, 0.6) is 0 Å². The summed E-state index contributed by atoms with van der Waals surface area (Å²) in [6.07, 6.45) is 10.3. The van der Waals surface area contributed by atoms with Crippen molar-refractivity contribution >= 4 is 0 Å². The van der Waals surface area contributed by atoms with E-state index in [2.05, 4.69) is 20.8 Å². The number of hydrogen-bond donors (Lipinski definition) is 2. The zero-order valence-corrected chi connectivity index (χ0v) is 15.2. The first-order chi connectivity index (χ1) is 10.7. The fraction of sp³-hybridized carbons (Fsp3) is 1.00. The van der Waals surface area contributed by atoms with Gasteiger partial charge in [-0.1, -0.05) is 59.3 Å². The van der Waals surface area contributed by atoms with Gasteiger partial charge in [0.25, 0.3) is 0 Å². The van der Waals surface area contributed by atoms with E-state index in [-0.39, 0.29) is 13.2 Å². The van der Waals surface area contributed by atoms with Crippen LogP contribution in [0.2, 0.25) is 0 Å². The molecule has 0 aliphatic carbocycles. The number of rotatable bonds is 15. The molecule has 0 spiro atoms. The molecule has 0 aromatic rings. The average Bonchev–Trinajstić information content (AvgIpc) is 2.54. The van der Waals surface area contributed by atoms with Crippen LogP contribution in [0.4, 0.5) is 0 Å². The lowest BCUT2D eigenvalue weighted by Crippen LogP contribution is -2.19. The Bertz CT molecular complexity index is 168. The molecular weight excluding hydrogens is 280 g/mol. The Balaban J connectivity index is 0. The minimum atomic E-state index is -0.711. The fourth-order valence-electron chi connectivity index (χ4n) is 1.74. The maximum absolute atomic E-state index is 8.84. The lowest BCUT2D eigenvalue weighted by Gasteiger charge is -2.07. The first-order valence-corrected chi connectivity index (χ1v) is 9.17. The van der Waals surface area contributed by atoms with Gasteiger partial charge in [-0.2, -0.15) is 0 Å². The summed E-state index contributed by atoms with van der Waals surface area (Å²) >= 11 is 0. The van der Waals surface area contributed by atoms with Crippen LogP contribution in [0.1, 0.15) is 78.6 Å². The summed E-state index contributed by atoms with van der Waals surface area (Å²) in [7, 11) is 0. The molecule has 1 atom stereocenters. The number of aliphatic hydroxyl groups excluding tert-OH is 2. The van der Waals surface area contributed by atoms with Crippen molar-refractivity contribution < 1.29 is 19.7 Å². The fourth-order valence-corrected chi connectivity index (χ4v) is 1.74. The van der Waals surface area contributed by atoms with E-state index in [9.17, 15) is 0 Å². The van der Waals surface area contributed by atoms with Gasteiger partial charge in [0, 0.05) is 19.8 Å². The Hall–Kier alpha value is -0.160. The molecule has 0 amide bonds. The normalized spacial score (nSPS) is 11.9. The molecule has 4 heteroatoms. The van der Waals surface area contributed by atoms with Crippen LogP contribution >= 0.6 is 0 Å². The maximum atomic E-state index is 8.84. The molecule has 4 nitrogen and oxygen atoms in total. The van der Waals surface area contributed by atoms with Gasteiger partial charge in [0.15, 0.2) is 0 Å². The number of ether oxygens (including phenoxy) is 2. The van der Waals surface area contributed by atoms with E-state index in [0.29, 0.717) is 6.61 Å². The van der Waals surface area contributed by atoms with Crippen LogP contribution in [0.3, 0.4) is 0 Å². The molecule has 136 valence electrons. The third-order valence-electron chi connectivity index (χ3n) is 3.20. The largest absolute Gasteiger partial charge is 0.394 e. The Morgan fingerprint density at radius 1 is 0.682 bits per heavy atom. The predicted octanol–water partition coefficient (Wildman–Crippen LogP) is 3.93. The highest BCUT2D eigenvalue weighted by Gasteiger charge is 1.99. The Kier molecular flexibility index (Phi) is 25.3. The third kappa shape index (κ3) is 24.8. The van der Waals surface area contributed by atoms with Gasteiger partial charge in [-0.25, -0.2) is 0 Å². The zero-order chi connectivity index (χ0) is 16.9. The Morgan fingerprint density at radius 2 is 1.09 bits per heavy atom. The van der Waals surface area contributed by atoms with E-state index in [1.54, 1.807) is 0 Å². The lowest BCUT2D eigenvalue weighted by atomic mass is 10.2. The third-order valence-corrected chi connectivity index (χ3v) is 3.20. The van der Waals surface area contributed by atoms with E-state index in [1.807, 2.05) is 0 Å². The van der Waals surface area contributed by atoms with Crippen molar-refractivity contribution in [1.82, 2.24) is 0 Å². The Morgan fingerprint density at radius 3 is 1.45 bits per heavy atom. The molecule has 22 heavy (non-hydrogen) atoms. The molecule has 1 unspecified atom stereocenters. The van der Waals surface area contributed by atoms with Crippen LogP contribution in [-0.4, -0.2) is 49.4 Å². The molecule has 0 bridgehead atoms. The summed E-state index contributed by atoms with van der Waals surface area (Å²) in [5.41, 5.74) is 0. The number of aliphatic hydroxyl groups is 2. The maximum Gasteiger partial charge on any atom is 0.100 e. The quantitative estimate of drug-likeness (QED) is 0.449. The van der Waals surface area contributed by atoms with Gasteiger partial charge in [0.05, 0.1) is 13.2 Å². The molecule has 0 aliphatic rings. The van der Waals surface area contributed by atoms with Crippen molar-refractivity contribution in [3.05, 3.63) is 0 Å². The molecule has 0 aliphatic heterocycles. The molecule has 0 saturated heterocycles. The van der Waals surface area contributed by atoms with E-state index in [4.69, 9.17) is 19.7 Å². The first kappa shape index (κ1) is 24.1. The molecule has 0 rings (SSSR count). The van der Waals surface area contributed by atoms with Crippen molar-refractivity contribution in [2.75, 3.05) is 33.0 Å². The highest BCUT2D eigenvalue weighted by atomic mass is 16.5. The summed E-state index contributed by atoms with van der Waals surface area (Å²) in [4.78, 5) is 0. The van der Waals surface area contributed by atoms with Crippen LogP contribution in [0, 0.1) is 0 Å². The summed E-state index contributed by atoms with van der Waals surface area (Å²) < 4.78 is 10.5. The highest BCUT2D eigenvalue weighted by Crippen LogP contribution is 1.97. The second-order valence-electron chi connectivity index (χ2n) is 5.65. The standard InChI is InChI=1S/C10H22O.C8H18O3/c1-3-5-7-9-11-10-8-6-4-2;1-2-3-4-5-11-7-8(10)6-9/h3-10H2,1-2H3;8-10H,2-7H2,1H3. The molecular formula is C18H40O4. The first-order valence-electron chi connectivity index (χ1n) is 9.17. The van der Waals surface area contributed by atoms with Crippen molar-refractivity contribution in [2.45, 2.75) is 84.7 Å². The molecule has 0 saturated carbocycles. The number of unbranched alkanes of at least 4 members (excludes halogenated alkanes) is 6. The highest BCUT2D eigenvalue weighted by molar-refractivity contribution is 4.48. The van der Waals surface area contributed by atoms with Gasteiger partial charge < -0.3 is 19.7 Å². The van der Waals surface area contributed by atoms with Gasteiger partial charge in [-0.15, -0.1) is 0 Å². The zero-order valence-electron chi connectivity index (χ0n) is 15.2. The van der Waals surface area contributed by atoms with Crippen LogP contribution < -0.4 is 0 Å². The SMILES string of the molecule is CCCCCOCC(O)CO.CCCCCOCCCCC. The minimum absolute atomic E-state index is 0.215. The molecule has 2 N–H and O–H groups in total. The van der Waals surface area contributed by atoms with E-state index in [0.717, 1.165) is 26.1 Å². The van der Waals surface area contributed by atoms with Crippen molar-refractivity contribution in [2.24, 2.45) is 0 Å². The molecule has 0 fully saturated rings. The molecule has 0 heterocycles. The van der Waals surface area contributed by atoms with Crippen LogP contribution in [0.25, 0.3) is 0 Å². The summed E-state index contributed by atoms with van der Waals surface area (Å²) in [5, 5.41) is 17.2. The second kappa shape index (κ2) is 23.1. The van der Waals surface area contributed by atoms with E-state index in [1.165, 1.54) is 44.9 Å². The van der Waals surface area contributed by atoms with Crippen LogP contribution in [-0.2, 0) is 9.47 Å². The van der Waals surface area contributed by atoms with Gasteiger partial charge in [-0.05, 0) is 19.3 Å². The van der Waals surface area contributed by atoms with Crippen molar-refractivity contribution in [1.29, 1.82) is 0 Å². The average molecular weight is 321 g/mol. The summed E-state index contributed by atoms with van der Waals surface area (Å²) in [6.45, 7) is 9.23. The van der Waals surface area contributed by atoms with E-state index >= 15 is 0 Å². The van der Waals surface area contributed by atoms with Crippen LogP contribution in [0.15, 0.2) is 0 Å². The Labute approximate surface area is 138 Å². The smallest absolute Gasteiger partial charge is 0.100 e.